The molecular formula is C16H14Cl2N4O. The van der Waals surface area contributed by atoms with Crippen molar-refractivity contribution in [2.75, 3.05) is 12.3 Å². The van der Waals surface area contributed by atoms with Crippen LogP contribution >= 0.6 is 23.2 Å². The van der Waals surface area contributed by atoms with Crippen LogP contribution in [-0.4, -0.2) is 21.1 Å². The lowest BCUT2D eigenvalue weighted by atomic mass is 10.0. The molecule has 0 atom stereocenters. The Morgan fingerprint density at radius 1 is 1.30 bits per heavy atom. The number of nitrogens with zero attached hydrogens (tertiary/aromatic N) is 3. The van der Waals surface area contributed by atoms with Crippen LogP contribution in [0.1, 0.15) is 12.5 Å². The Morgan fingerprint density at radius 2 is 2.13 bits per heavy atom. The highest BCUT2D eigenvalue weighted by atomic mass is 35.5. The molecule has 1 aliphatic rings. The van der Waals surface area contributed by atoms with Crippen LogP contribution < -0.4 is 10.5 Å². The Labute approximate surface area is 143 Å². The van der Waals surface area contributed by atoms with Gasteiger partial charge >= 0.3 is 0 Å². The summed E-state index contributed by atoms with van der Waals surface area (Å²) in [5.74, 6) is 0.908. The number of halogens is 2. The number of hydrogen-bond acceptors (Lipinski definition) is 4. The zero-order valence-corrected chi connectivity index (χ0v) is 13.9. The van der Waals surface area contributed by atoms with Crippen molar-refractivity contribution in [3.8, 4) is 17.0 Å². The van der Waals surface area contributed by atoms with Crippen molar-refractivity contribution in [1.82, 2.24) is 14.5 Å². The maximum Gasteiger partial charge on any atom is 0.221 e. The quantitative estimate of drug-likeness (QED) is 0.761. The fraction of sp³-hybridized carbons (Fsp3) is 0.250. The van der Waals surface area contributed by atoms with Crippen molar-refractivity contribution < 1.29 is 4.74 Å². The second kappa shape index (κ2) is 5.28. The molecule has 118 valence electrons. The molecular weight excluding hydrogens is 335 g/mol. The molecule has 0 amide bonds. The van der Waals surface area contributed by atoms with Crippen molar-refractivity contribution in [2.45, 2.75) is 19.9 Å². The second-order valence-corrected chi connectivity index (χ2v) is 6.20. The lowest BCUT2D eigenvalue weighted by Gasteiger charge is -2.13. The van der Waals surface area contributed by atoms with E-state index < -0.39 is 0 Å². The minimum Gasteiger partial charge on any atom is -0.491 e. The average Bonchev–Trinajstić information content (AvgIpc) is 3.13. The molecule has 0 spiro atoms. The SMILES string of the molecule is CCn1ccc2nc(N)nc(-c3c(Cl)cc(Cl)c4c3CCO4)c21. The fourth-order valence-electron chi connectivity index (χ4n) is 3.12. The van der Waals surface area contributed by atoms with Gasteiger partial charge in [-0.2, -0.15) is 0 Å². The van der Waals surface area contributed by atoms with Crippen LogP contribution in [0.2, 0.25) is 10.0 Å². The third kappa shape index (κ3) is 2.15. The van der Waals surface area contributed by atoms with Crippen LogP contribution in [0.15, 0.2) is 18.3 Å². The maximum atomic E-state index is 6.51. The van der Waals surface area contributed by atoms with E-state index in [9.17, 15) is 0 Å². The van der Waals surface area contributed by atoms with Crippen molar-refractivity contribution in [1.29, 1.82) is 0 Å². The van der Waals surface area contributed by atoms with Gasteiger partial charge in [0, 0.05) is 30.3 Å². The Bertz CT molecular complexity index is 936. The highest BCUT2D eigenvalue weighted by Gasteiger charge is 2.26. The molecule has 5 nitrogen and oxygen atoms in total. The first-order valence-corrected chi connectivity index (χ1v) is 8.12. The first-order valence-electron chi connectivity index (χ1n) is 7.36. The van der Waals surface area contributed by atoms with Crippen LogP contribution in [-0.2, 0) is 13.0 Å². The van der Waals surface area contributed by atoms with Crippen LogP contribution in [0.5, 0.6) is 5.75 Å². The van der Waals surface area contributed by atoms with Crippen molar-refractivity contribution in [2.24, 2.45) is 0 Å². The van der Waals surface area contributed by atoms with Gasteiger partial charge in [-0.25, -0.2) is 9.97 Å². The highest BCUT2D eigenvalue weighted by molar-refractivity contribution is 6.37. The summed E-state index contributed by atoms with van der Waals surface area (Å²) in [6, 6.07) is 3.63. The largest absolute Gasteiger partial charge is 0.491 e. The number of ether oxygens (including phenoxy) is 1. The van der Waals surface area contributed by atoms with Crippen molar-refractivity contribution >= 4 is 40.2 Å². The summed E-state index contributed by atoms with van der Waals surface area (Å²) >= 11 is 12.8. The highest BCUT2D eigenvalue weighted by Crippen LogP contribution is 2.45. The van der Waals surface area contributed by atoms with Crippen molar-refractivity contribution in [3.05, 3.63) is 33.9 Å². The second-order valence-electron chi connectivity index (χ2n) is 5.39. The van der Waals surface area contributed by atoms with E-state index in [1.54, 1.807) is 6.07 Å². The van der Waals surface area contributed by atoms with Crippen LogP contribution in [0, 0.1) is 0 Å². The van der Waals surface area contributed by atoms with Gasteiger partial charge in [-0.15, -0.1) is 0 Å². The molecule has 0 saturated heterocycles. The number of fused-ring (bicyclic) bond motifs is 2. The number of hydrogen-bond donors (Lipinski definition) is 1. The van der Waals surface area contributed by atoms with E-state index in [1.165, 1.54) is 0 Å². The normalized spacial score (nSPS) is 13.3. The van der Waals surface area contributed by atoms with Gasteiger partial charge in [0.2, 0.25) is 5.95 Å². The molecule has 0 aliphatic carbocycles. The molecule has 0 unspecified atom stereocenters. The van der Waals surface area contributed by atoms with E-state index in [1.807, 2.05) is 12.3 Å². The molecule has 0 fully saturated rings. The fourth-order valence-corrected chi connectivity index (χ4v) is 3.77. The standard InChI is InChI=1S/C16H14Cl2N4O/c1-2-22-5-3-11-14(22)13(21-16(19)20-11)12-8-4-6-23-15(8)10(18)7-9(12)17/h3,5,7H,2,4,6H2,1H3,(H2,19,20,21). The first-order chi connectivity index (χ1) is 11.1. The topological polar surface area (TPSA) is 66.0 Å². The van der Waals surface area contributed by atoms with Gasteiger partial charge < -0.3 is 15.0 Å². The van der Waals surface area contributed by atoms with E-state index >= 15 is 0 Å². The van der Waals surface area contributed by atoms with E-state index in [4.69, 9.17) is 33.7 Å². The summed E-state index contributed by atoms with van der Waals surface area (Å²) in [4.78, 5) is 8.80. The average molecular weight is 349 g/mol. The lowest BCUT2D eigenvalue weighted by molar-refractivity contribution is 0.357. The van der Waals surface area contributed by atoms with Crippen LogP contribution in [0.25, 0.3) is 22.3 Å². The predicted molar refractivity (Wildman–Crippen MR) is 92.3 cm³/mol. The molecule has 3 heterocycles. The Morgan fingerprint density at radius 3 is 2.91 bits per heavy atom. The van der Waals surface area contributed by atoms with Gasteiger partial charge in [-0.3, -0.25) is 0 Å². The van der Waals surface area contributed by atoms with Crippen LogP contribution in [0.4, 0.5) is 5.95 Å². The van der Waals surface area contributed by atoms with Gasteiger partial charge in [0.05, 0.1) is 27.7 Å². The summed E-state index contributed by atoms with van der Waals surface area (Å²) in [6.07, 6.45) is 2.71. The van der Waals surface area contributed by atoms with Gasteiger partial charge in [0.25, 0.3) is 0 Å². The maximum absolute atomic E-state index is 6.51. The van der Waals surface area contributed by atoms with E-state index in [-0.39, 0.29) is 5.95 Å². The smallest absolute Gasteiger partial charge is 0.221 e. The molecule has 4 rings (SSSR count). The van der Waals surface area contributed by atoms with Crippen molar-refractivity contribution in [3.63, 3.8) is 0 Å². The Hall–Kier alpha value is -1.98. The molecule has 2 aromatic heterocycles. The number of rotatable bonds is 2. The number of nitrogens with two attached hydrogens (primary N) is 1. The van der Waals surface area contributed by atoms with E-state index in [0.717, 1.165) is 40.8 Å². The zero-order valence-electron chi connectivity index (χ0n) is 12.4. The Kier molecular flexibility index (Phi) is 3.36. The summed E-state index contributed by atoms with van der Waals surface area (Å²) in [5.41, 5.74) is 10.2. The number of benzene rings is 1. The van der Waals surface area contributed by atoms with E-state index in [0.29, 0.717) is 22.4 Å². The monoisotopic (exact) mass is 348 g/mol. The summed E-state index contributed by atoms with van der Waals surface area (Å²) in [6.45, 7) is 3.45. The number of aromatic nitrogens is 3. The van der Waals surface area contributed by atoms with Gasteiger partial charge in [0.15, 0.2) is 0 Å². The molecule has 7 heteroatoms. The third-order valence-corrected chi connectivity index (χ3v) is 4.67. The number of nitrogen functional groups attached to an aromatic ring is 1. The lowest BCUT2D eigenvalue weighted by Crippen LogP contribution is -2.02. The van der Waals surface area contributed by atoms with Gasteiger partial charge in [-0.05, 0) is 19.1 Å². The van der Waals surface area contributed by atoms with Gasteiger partial charge in [0.1, 0.15) is 11.4 Å². The molecule has 1 aliphatic heterocycles. The molecule has 2 N–H and O–H groups in total. The molecule has 3 aromatic rings. The summed E-state index contributed by atoms with van der Waals surface area (Å²) in [5, 5.41) is 1.07. The molecule has 0 saturated carbocycles. The third-order valence-electron chi connectivity index (χ3n) is 4.09. The molecule has 23 heavy (non-hydrogen) atoms. The summed E-state index contributed by atoms with van der Waals surface area (Å²) < 4.78 is 7.74. The minimum atomic E-state index is 0.222. The predicted octanol–water partition coefficient (Wildman–Crippen LogP) is 3.94. The Balaban J connectivity index is 2.12. The van der Waals surface area contributed by atoms with Crippen LogP contribution in [0.3, 0.4) is 0 Å². The number of aryl methyl sites for hydroxylation is 1. The molecule has 0 bridgehead atoms. The number of anilines is 1. The summed E-state index contributed by atoms with van der Waals surface area (Å²) in [7, 11) is 0. The first kappa shape index (κ1) is 14.6. The molecule has 0 radical (unpaired) electrons. The minimum absolute atomic E-state index is 0.222. The molecule has 1 aromatic carbocycles. The van der Waals surface area contributed by atoms with Gasteiger partial charge in [-0.1, -0.05) is 23.2 Å². The van der Waals surface area contributed by atoms with E-state index in [2.05, 4.69) is 21.5 Å². The zero-order chi connectivity index (χ0) is 16.1.